The maximum Gasteiger partial charge on any atom is 0.235 e. The van der Waals surface area contributed by atoms with Crippen LogP contribution in [0, 0.1) is 5.41 Å². The van der Waals surface area contributed by atoms with Crippen molar-refractivity contribution in [2.24, 2.45) is 5.41 Å². The Bertz CT molecular complexity index is 2860. The lowest BCUT2D eigenvalue weighted by molar-refractivity contribution is -0.143. The summed E-state index contributed by atoms with van der Waals surface area (Å²) in [6, 6.07) is 58.3. The van der Waals surface area contributed by atoms with Crippen molar-refractivity contribution < 1.29 is 38.7 Å². The number of hydrogen-bond acceptors (Lipinski definition) is 8. The number of carbonyl (C=O) groups is 2. The number of fused-ring (bicyclic) bond motifs is 2. The second-order valence-electron chi connectivity index (χ2n) is 18.8. The molecule has 4 atom stereocenters. The predicted octanol–water partition coefficient (Wildman–Crippen LogP) is 10.2. The van der Waals surface area contributed by atoms with Crippen molar-refractivity contribution in [1.82, 2.24) is 10.6 Å². The van der Waals surface area contributed by atoms with Crippen molar-refractivity contribution >= 4 is 33.4 Å². The molecule has 8 aromatic rings. The summed E-state index contributed by atoms with van der Waals surface area (Å²) >= 11 is 0. The van der Waals surface area contributed by atoms with Gasteiger partial charge in [0.1, 0.15) is 28.4 Å². The quantitative estimate of drug-likeness (QED) is 0.0555. The van der Waals surface area contributed by atoms with Gasteiger partial charge in [-0.05, 0) is 117 Å². The molecule has 10 nitrogen and oxygen atoms in total. The zero-order chi connectivity index (χ0) is 50.2. The number of ether oxygens (including phenoxy) is 4. The number of methoxy groups -OCH3 is 4. The normalized spacial score (nSPS) is 14.1. The zero-order valence-corrected chi connectivity index (χ0v) is 41.1. The van der Waals surface area contributed by atoms with Crippen LogP contribution in [0.4, 0.5) is 0 Å². The van der Waals surface area contributed by atoms with Crippen molar-refractivity contribution in [1.29, 1.82) is 0 Å². The van der Waals surface area contributed by atoms with E-state index in [9.17, 15) is 19.8 Å². The van der Waals surface area contributed by atoms with Gasteiger partial charge in [-0.25, -0.2) is 0 Å². The van der Waals surface area contributed by atoms with Gasteiger partial charge in [0.15, 0.2) is 0 Å². The number of rotatable bonds is 20. The maximum absolute atomic E-state index is 14.7. The van der Waals surface area contributed by atoms with Gasteiger partial charge in [0.25, 0.3) is 0 Å². The summed E-state index contributed by atoms with van der Waals surface area (Å²) < 4.78 is 22.0. The zero-order valence-electron chi connectivity index (χ0n) is 41.1. The molecular weight excluding hydrogens is 889 g/mol. The van der Waals surface area contributed by atoms with E-state index in [-0.39, 0.29) is 25.9 Å². The van der Waals surface area contributed by atoms with Crippen LogP contribution in [0.2, 0.25) is 0 Å². The van der Waals surface area contributed by atoms with Crippen molar-refractivity contribution in [3.63, 3.8) is 0 Å². The summed E-state index contributed by atoms with van der Waals surface area (Å²) in [5, 5.41) is 36.9. The lowest BCUT2D eigenvalue weighted by Gasteiger charge is -2.40. The second kappa shape index (κ2) is 21.5. The summed E-state index contributed by atoms with van der Waals surface area (Å²) in [5.41, 5.74) is -0.0216. The molecule has 8 aromatic carbocycles. The molecule has 4 unspecified atom stereocenters. The van der Waals surface area contributed by atoms with Crippen molar-refractivity contribution in [3.05, 3.63) is 215 Å². The van der Waals surface area contributed by atoms with E-state index in [1.165, 1.54) is 0 Å². The summed E-state index contributed by atoms with van der Waals surface area (Å²) in [4.78, 5) is 29.5. The Morgan fingerprint density at radius 1 is 0.437 bits per heavy atom. The third-order valence-corrected chi connectivity index (χ3v) is 13.8. The Labute approximate surface area is 416 Å². The van der Waals surface area contributed by atoms with Crippen LogP contribution in [0.5, 0.6) is 23.0 Å². The van der Waals surface area contributed by atoms with Crippen molar-refractivity contribution in [3.8, 4) is 23.0 Å². The molecule has 0 radical (unpaired) electrons. The minimum atomic E-state index is -1.67. The molecule has 2 amide bonds. The second-order valence-corrected chi connectivity index (χ2v) is 18.8. The average molecular weight is 951 g/mol. The van der Waals surface area contributed by atoms with Gasteiger partial charge in [0.05, 0.1) is 39.6 Å². The minimum absolute atomic E-state index is 0.128. The molecule has 0 saturated heterocycles. The minimum Gasteiger partial charge on any atom is -0.497 e. The summed E-state index contributed by atoms with van der Waals surface area (Å²) in [7, 11) is 6.42. The molecule has 0 aliphatic rings. The van der Waals surface area contributed by atoms with Gasteiger partial charge in [0.2, 0.25) is 11.8 Å². The van der Waals surface area contributed by atoms with Gasteiger partial charge in [-0.15, -0.1) is 0 Å². The Hall–Kier alpha value is -7.66. The smallest absolute Gasteiger partial charge is 0.235 e. The molecule has 0 heterocycles. The highest BCUT2D eigenvalue weighted by molar-refractivity contribution is 6.04. The van der Waals surface area contributed by atoms with Crippen LogP contribution in [0.15, 0.2) is 182 Å². The fourth-order valence-corrected chi connectivity index (χ4v) is 9.89. The van der Waals surface area contributed by atoms with Crippen molar-refractivity contribution in [2.45, 2.75) is 49.7 Å². The highest BCUT2D eigenvalue weighted by Crippen LogP contribution is 2.43. The first-order valence-electron chi connectivity index (χ1n) is 23.8. The molecule has 8 rings (SSSR count). The van der Waals surface area contributed by atoms with Gasteiger partial charge >= 0.3 is 0 Å². The molecule has 0 aliphatic heterocycles. The third-order valence-electron chi connectivity index (χ3n) is 13.8. The number of carbonyl (C=O) groups excluding carboxylic acids is 2. The Morgan fingerprint density at radius 3 is 1.08 bits per heavy atom. The highest BCUT2D eigenvalue weighted by Gasteiger charge is 2.45. The molecule has 0 aromatic heterocycles. The van der Waals surface area contributed by atoms with Crippen molar-refractivity contribution in [2.75, 3.05) is 41.5 Å². The fourth-order valence-electron chi connectivity index (χ4n) is 9.89. The molecule has 364 valence electrons. The van der Waals surface area contributed by atoms with Crippen LogP contribution in [0.25, 0.3) is 21.5 Å². The number of benzene rings is 8. The van der Waals surface area contributed by atoms with Gasteiger partial charge in [-0.1, -0.05) is 133 Å². The third kappa shape index (κ3) is 10.9. The standard InChI is InChI=1S/C61H62N2O8/c1-59(2,57(64)62-39-60(66,37-41-21-29-47(68-3)30-22-41)55(45-25-33-49(70-5)34-26-45)53-19-11-15-43-13-7-9-17-51(43)53)58(65)63-40-61(67,38-42-23-31-48(69-4)32-24-42)56(46-27-35-50(71-6)36-28-46)54-20-12-16-44-14-8-10-18-52(44)54/h7-36,55-56,66-67H,37-40H2,1-6H3,(H,62,64)(H,63,65). The van der Waals surface area contributed by atoms with Crippen LogP contribution in [-0.4, -0.2) is 74.8 Å². The van der Waals surface area contributed by atoms with Crippen LogP contribution in [0.1, 0.15) is 59.1 Å². The topological polar surface area (TPSA) is 136 Å². The molecule has 0 bridgehead atoms. The SMILES string of the molecule is COc1ccc(CC(O)(CNC(=O)C(C)(C)C(=O)NCC(O)(Cc2ccc(OC)cc2)C(c2ccc(OC)cc2)c2cccc3ccccc23)C(c2ccc(OC)cc2)c2cccc3ccccc23)cc1. The lowest BCUT2D eigenvalue weighted by Crippen LogP contribution is -2.56. The Balaban J connectivity index is 1.14. The molecule has 0 saturated carbocycles. The summed E-state index contributed by atoms with van der Waals surface area (Å²) in [6.45, 7) is 2.66. The van der Waals surface area contributed by atoms with E-state index in [0.717, 1.165) is 54.9 Å². The van der Waals surface area contributed by atoms with Gasteiger partial charge in [-0.2, -0.15) is 0 Å². The monoisotopic (exact) mass is 950 g/mol. The highest BCUT2D eigenvalue weighted by atomic mass is 16.5. The van der Waals surface area contributed by atoms with E-state index in [4.69, 9.17) is 18.9 Å². The van der Waals surface area contributed by atoms with Gasteiger partial charge in [0, 0.05) is 37.8 Å². The summed E-state index contributed by atoms with van der Waals surface area (Å²) in [5.74, 6) is 0.112. The molecule has 0 spiro atoms. The molecule has 4 N–H and O–H groups in total. The molecule has 71 heavy (non-hydrogen) atoms. The summed E-state index contributed by atoms with van der Waals surface area (Å²) in [6.07, 6.45) is 0.256. The Morgan fingerprint density at radius 2 is 0.746 bits per heavy atom. The van der Waals surface area contributed by atoms with Crippen LogP contribution in [0.3, 0.4) is 0 Å². The predicted molar refractivity (Wildman–Crippen MR) is 281 cm³/mol. The number of nitrogens with one attached hydrogen (secondary N) is 2. The first-order valence-corrected chi connectivity index (χ1v) is 23.8. The Kier molecular flexibility index (Phi) is 15.1. The molecule has 0 fully saturated rings. The number of hydrogen-bond donors (Lipinski definition) is 4. The molecule has 10 heteroatoms. The van der Waals surface area contributed by atoms with E-state index < -0.39 is 40.3 Å². The average Bonchev–Trinajstić information content (AvgIpc) is 3.40. The first-order chi connectivity index (χ1) is 34.3. The van der Waals surface area contributed by atoms with Crippen LogP contribution < -0.4 is 29.6 Å². The molecular formula is C61H62N2O8. The van der Waals surface area contributed by atoms with E-state index in [2.05, 4.69) is 10.6 Å². The number of aliphatic hydroxyl groups is 2. The maximum atomic E-state index is 14.7. The van der Waals surface area contributed by atoms with E-state index >= 15 is 0 Å². The van der Waals surface area contributed by atoms with E-state index in [0.29, 0.717) is 23.0 Å². The largest absolute Gasteiger partial charge is 0.497 e. The first kappa shape index (κ1) is 49.8. The van der Waals surface area contributed by atoms with Crippen LogP contribution >= 0.6 is 0 Å². The fraction of sp³-hybridized carbons (Fsp3) is 0.246. The molecule has 0 aliphatic carbocycles. The van der Waals surface area contributed by atoms with E-state index in [1.807, 2.05) is 182 Å². The van der Waals surface area contributed by atoms with Gasteiger partial charge in [-0.3, -0.25) is 9.59 Å². The number of amides is 2. The van der Waals surface area contributed by atoms with Crippen LogP contribution in [-0.2, 0) is 22.4 Å². The lowest BCUT2D eigenvalue weighted by atomic mass is 9.72. The van der Waals surface area contributed by atoms with E-state index in [1.54, 1.807) is 42.3 Å². The van der Waals surface area contributed by atoms with Gasteiger partial charge < -0.3 is 39.8 Å².